The summed E-state index contributed by atoms with van der Waals surface area (Å²) in [6.07, 6.45) is 0. The predicted molar refractivity (Wildman–Crippen MR) is 297 cm³/mol. The third-order valence-electron chi connectivity index (χ3n) is 13.5. The normalized spacial score (nSPS) is 13.5. The Kier molecular flexibility index (Phi) is 10.2. The Morgan fingerprint density at radius 2 is 0.431 bits per heavy atom. The molecule has 0 N–H and O–H groups in total. The van der Waals surface area contributed by atoms with E-state index in [0.717, 1.165) is 119 Å². The SMILES string of the molecule is N#Cc1cc(-c2cc(C#N)c(N3c4ccccc4Sc4ccccc43)cc2N2c3ccccc3Sc3ccccc32)c(N2c3ccccc3Sc3ccccc32)cc1N1c2ccccc2Sc2ccccc21. The van der Waals surface area contributed by atoms with E-state index in [-0.39, 0.29) is 0 Å². The van der Waals surface area contributed by atoms with Gasteiger partial charge < -0.3 is 19.6 Å². The molecule has 0 aromatic heterocycles. The Morgan fingerprint density at radius 1 is 0.236 bits per heavy atom. The quantitative estimate of drug-likeness (QED) is 0.167. The highest BCUT2D eigenvalue weighted by Gasteiger charge is 2.36. The molecule has 0 spiro atoms. The van der Waals surface area contributed by atoms with E-state index in [0.29, 0.717) is 11.1 Å². The molecule has 0 atom stereocenters. The first-order valence-corrected chi connectivity index (χ1v) is 26.7. The van der Waals surface area contributed by atoms with Gasteiger partial charge in [-0.25, -0.2) is 0 Å². The fourth-order valence-corrected chi connectivity index (χ4v) is 14.6. The molecule has 4 aliphatic heterocycles. The maximum absolute atomic E-state index is 11.6. The molecular weight excluding hydrogens is 957 g/mol. The van der Waals surface area contributed by atoms with Crippen molar-refractivity contribution in [2.45, 2.75) is 39.2 Å². The van der Waals surface area contributed by atoms with E-state index in [1.165, 1.54) is 0 Å². The third-order valence-corrected chi connectivity index (χ3v) is 18.0. The van der Waals surface area contributed by atoms with E-state index in [1.807, 2.05) is 0 Å². The Bertz CT molecular complexity index is 3550. The van der Waals surface area contributed by atoms with Gasteiger partial charge in [-0.15, -0.1) is 0 Å². The minimum absolute atomic E-state index is 0.498. The molecule has 0 unspecified atom stereocenters. The number of nitriles is 2. The molecule has 0 radical (unpaired) electrons. The van der Waals surface area contributed by atoms with Crippen molar-refractivity contribution in [2.24, 2.45) is 0 Å². The summed E-state index contributed by atoms with van der Waals surface area (Å²) in [5.41, 5.74) is 14.0. The molecule has 0 saturated carbocycles. The van der Waals surface area contributed by atoms with Crippen LogP contribution in [0.3, 0.4) is 0 Å². The summed E-state index contributed by atoms with van der Waals surface area (Å²) in [6, 6.07) is 82.0. The van der Waals surface area contributed by atoms with Crippen LogP contribution in [0.2, 0.25) is 0 Å². The number of hydrogen-bond acceptors (Lipinski definition) is 10. The fraction of sp³-hybridized carbons (Fsp3) is 0. The maximum atomic E-state index is 11.6. The summed E-state index contributed by atoms with van der Waals surface area (Å²) in [5, 5.41) is 23.3. The zero-order valence-electron chi connectivity index (χ0n) is 38.1. The molecule has 10 aromatic rings. The summed E-state index contributed by atoms with van der Waals surface area (Å²) in [7, 11) is 0. The van der Waals surface area contributed by atoms with E-state index >= 15 is 0 Å². The highest BCUT2D eigenvalue weighted by molar-refractivity contribution is 8.00. The number of fused-ring (bicyclic) bond motifs is 8. The highest BCUT2D eigenvalue weighted by atomic mass is 32.2. The number of hydrogen-bond donors (Lipinski definition) is 0. The van der Waals surface area contributed by atoms with Crippen LogP contribution in [-0.4, -0.2) is 0 Å². The van der Waals surface area contributed by atoms with Gasteiger partial charge in [0.2, 0.25) is 0 Å². The molecular formula is C62H36N6S4. The minimum Gasteiger partial charge on any atom is -0.308 e. The monoisotopic (exact) mass is 992 g/mol. The molecule has 10 heteroatoms. The van der Waals surface area contributed by atoms with Crippen LogP contribution in [-0.2, 0) is 0 Å². The molecule has 10 aromatic carbocycles. The number of benzene rings is 10. The van der Waals surface area contributed by atoms with Crippen molar-refractivity contribution in [3.05, 3.63) is 230 Å². The van der Waals surface area contributed by atoms with Gasteiger partial charge in [-0.05, 0) is 121 Å². The zero-order valence-corrected chi connectivity index (χ0v) is 41.4. The molecule has 14 rings (SSSR count). The topological polar surface area (TPSA) is 60.5 Å². The van der Waals surface area contributed by atoms with Crippen molar-refractivity contribution in [2.75, 3.05) is 19.6 Å². The Balaban J connectivity index is 1.12. The van der Waals surface area contributed by atoms with Gasteiger partial charge in [0.25, 0.3) is 0 Å². The van der Waals surface area contributed by atoms with E-state index in [4.69, 9.17) is 0 Å². The largest absolute Gasteiger partial charge is 0.308 e. The summed E-state index contributed by atoms with van der Waals surface area (Å²) in [5.74, 6) is 0. The lowest BCUT2D eigenvalue weighted by Crippen LogP contribution is -2.21. The number of anilines is 12. The van der Waals surface area contributed by atoms with E-state index in [9.17, 15) is 10.5 Å². The molecule has 4 aliphatic rings. The second kappa shape index (κ2) is 17.3. The Labute approximate surface area is 434 Å². The van der Waals surface area contributed by atoms with Crippen LogP contribution in [0.15, 0.2) is 258 Å². The Morgan fingerprint density at radius 3 is 0.639 bits per heavy atom. The lowest BCUT2D eigenvalue weighted by atomic mass is 9.92. The first kappa shape index (κ1) is 42.6. The second-order valence-electron chi connectivity index (χ2n) is 17.5. The lowest BCUT2D eigenvalue weighted by Gasteiger charge is -2.39. The van der Waals surface area contributed by atoms with Crippen molar-refractivity contribution in [3.63, 3.8) is 0 Å². The van der Waals surface area contributed by atoms with E-state index in [2.05, 4.69) is 250 Å². The van der Waals surface area contributed by atoms with Crippen molar-refractivity contribution >= 4 is 115 Å². The smallest absolute Gasteiger partial charge is 0.101 e. The third kappa shape index (κ3) is 6.76. The molecule has 0 aliphatic carbocycles. The fourth-order valence-electron chi connectivity index (χ4n) is 10.4. The first-order chi connectivity index (χ1) is 35.6. The molecule has 0 bridgehead atoms. The van der Waals surface area contributed by atoms with Crippen molar-refractivity contribution in [1.82, 2.24) is 0 Å². The van der Waals surface area contributed by atoms with Crippen LogP contribution >= 0.6 is 47.0 Å². The molecule has 6 nitrogen and oxygen atoms in total. The Hall–Kier alpha value is -8.22. The zero-order chi connectivity index (χ0) is 47.9. The number of rotatable bonds is 5. The predicted octanol–water partition coefficient (Wildman–Crippen LogP) is 18.8. The van der Waals surface area contributed by atoms with Crippen LogP contribution in [0.25, 0.3) is 11.1 Å². The average molecular weight is 993 g/mol. The van der Waals surface area contributed by atoms with Crippen LogP contribution in [0.4, 0.5) is 68.2 Å². The van der Waals surface area contributed by atoms with Crippen molar-refractivity contribution in [3.8, 4) is 23.3 Å². The molecule has 72 heavy (non-hydrogen) atoms. The van der Waals surface area contributed by atoms with Crippen LogP contribution in [0.1, 0.15) is 11.1 Å². The van der Waals surface area contributed by atoms with Crippen LogP contribution < -0.4 is 19.6 Å². The standard InChI is InChI=1S/C62H36N6S4/c63-37-39-33-41(53(67-47-21-5-13-29-59(47)71-60-30-14-6-22-48(60)67)35-51(39)65-43-17-1-9-25-55(43)69-56-26-10-2-18-44(56)65)42-34-40(38-64)52(66-45-19-3-11-27-57(45)70-58-28-12-4-20-46(58)66)36-54(42)68-49-23-7-15-31-61(49)72-62-32-16-8-24-50(62)68/h1-36H. The van der Waals surface area contributed by atoms with Crippen molar-refractivity contribution in [1.29, 1.82) is 10.5 Å². The average Bonchev–Trinajstić information content (AvgIpc) is 3.44. The summed E-state index contributed by atoms with van der Waals surface area (Å²) < 4.78 is 0. The summed E-state index contributed by atoms with van der Waals surface area (Å²) in [4.78, 5) is 18.1. The van der Waals surface area contributed by atoms with Gasteiger partial charge in [0, 0.05) is 50.3 Å². The lowest BCUT2D eigenvalue weighted by molar-refractivity contribution is 1.13. The minimum atomic E-state index is 0.498. The van der Waals surface area contributed by atoms with Gasteiger partial charge in [-0.3, -0.25) is 0 Å². The van der Waals surface area contributed by atoms with Gasteiger partial charge in [0.15, 0.2) is 0 Å². The molecule has 4 heterocycles. The summed E-state index contributed by atoms with van der Waals surface area (Å²) in [6.45, 7) is 0. The van der Waals surface area contributed by atoms with Gasteiger partial charge in [-0.2, -0.15) is 10.5 Å². The van der Waals surface area contributed by atoms with Crippen LogP contribution in [0, 0.1) is 22.7 Å². The molecule has 0 amide bonds. The molecule has 0 saturated heterocycles. The van der Waals surface area contributed by atoms with Gasteiger partial charge in [0.05, 0.1) is 79.4 Å². The second-order valence-corrected chi connectivity index (χ2v) is 21.8. The molecule has 0 fully saturated rings. The van der Waals surface area contributed by atoms with Gasteiger partial charge >= 0.3 is 0 Å². The van der Waals surface area contributed by atoms with Crippen LogP contribution in [0.5, 0.6) is 0 Å². The van der Waals surface area contributed by atoms with Crippen molar-refractivity contribution < 1.29 is 0 Å². The van der Waals surface area contributed by atoms with E-state index < -0.39 is 0 Å². The first-order valence-electron chi connectivity index (χ1n) is 23.4. The van der Waals surface area contributed by atoms with Gasteiger partial charge in [0.1, 0.15) is 12.1 Å². The highest BCUT2D eigenvalue weighted by Crippen LogP contribution is 2.61. The van der Waals surface area contributed by atoms with E-state index in [1.54, 1.807) is 47.0 Å². The number of para-hydroxylation sites is 8. The molecule has 338 valence electrons. The summed E-state index contributed by atoms with van der Waals surface area (Å²) >= 11 is 7.00. The number of nitrogens with zero attached hydrogens (tertiary/aromatic N) is 6. The maximum Gasteiger partial charge on any atom is 0.101 e. The van der Waals surface area contributed by atoms with Gasteiger partial charge in [-0.1, -0.05) is 144 Å².